The van der Waals surface area contributed by atoms with Crippen molar-refractivity contribution in [1.29, 1.82) is 0 Å². The van der Waals surface area contributed by atoms with E-state index in [1.807, 2.05) is 37.3 Å². The van der Waals surface area contributed by atoms with Crippen molar-refractivity contribution in [2.45, 2.75) is 38.8 Å². The Hall–Kier alpha value is -3.66. The Balaban J connectivity index is 1.61. The largest absolute Gasteiger partial charge is 0.419 e. The number of ether oxygens (including phenoxy) is 1. The first-order chi connectivity index (χ1) is 20.9. The van der Waals surface area contributed by atoms with Gasteiger partial charge in [0, 0.05) is 27.2 Å². The number of benzene rings is 1. The number of halogens is 1. The molecule has 0 amide bonds. The smallest absolute Gasteiger partial charge is 0.249 e. The van der Waals surface area contributed by atoms with Gasteiger partial charge in [-0.25, -0.2) is 22.4 Å². The maximum atomic E-state index is 13.2. The number of hydrogen-bond acceptors (Lipinski definition) is 12. The quantitative estimate of drug-likeness (QED) is 0.213. The molecule has 4 aromatic rings. The van der Waals surface area contributed by atoms with Gasteiger partial charge in [0.05, 0.1) is 35.5 Å². The molecule has 236 valence electrons. The summed E-state index contributed by atoms with van der Waals surface area (Å²) in [7, 11) is -0.667. The predicted molar refractivity (Wildman–Crippen MR) is 165 cm³/mol. The van der Waals surface area contributed by atoms with Crippen molar-refractivity contribution in [3.63, 3.8) is 0 Å². The molecule has 0 saturated heterocycles. The van der Waals surface area contributed by atoms with Crippen LogP contribution in [0.15, 0.2) is 40.8 Å². The molecule has 1 fully saturated rings. The second-order valence-corrected chi connectivity index (χ2v) is 13.8. The van der Waals surface area contributed by atoms with Crippen LogP contribution in [0.5, 0.6) is 0 Å². The summed E-state index contributed by atoms with van der Waals surface area (Å²) >= 11 is 6.97. The topological polar surface area (TPSA) is 171 Å². The Kier molecular flexibility index (Phi) is 9.20. The minimum absolute atomic E-state index is 0.0118. The van der Waals surface area contributed by atoms with E-state index in [-0.39, 0.29) is 29.2 Å². The van der Waals surface area contributed by atoms with Gasteiger partial charge in [0.25, 0.3) is 0 Å². The lowest BCUT2D eigenvalue weighted by Crippen LogP contribution is -2.35. The van der Waals surface area contributed by atoms with Crippen LogP contribution in [0, 0.1) is 11.8 Å². The molecule has 44 heavy (non-hydrogen) atoms. The van der Waals surface area contributed by atoms with Crippen LogP contribution in [0.25, 0.3) is 11.5 Å². The van der Waals surface area contributed by atoms with Gasteiger partial charge in [-0.1, -0.05) is 48.9 Å². The molecule has 2 N–H and O–H groups in total. The minimum Gasteiger partial charge on any atom is -0.419 e. The summed E-state index contributed by atoms with van der Waals surface area (Å²) in [6, 6.07) is 11.5. The molecule has 3 aromatic heterocycles. The average Bonchev–Trinajstić information content (AvgIpc) is 3.30. The number of rotatable bonds is 14. The zero-order valence-corrected chi connectivity index (χ0v) is 27.0. The van der Waals surface area contributed by atoms with Crippen LogP contribution < -0.4 is 14.9 Å². The molecule has 3 atom stereocenters. The first kappa shape index (κ1) is 31.8. The van der Waals surface area contributed by atoms with E-state index in [9.17, 15) is 8.42 Å². The Bertz CT molecular complexity index is 1700. The maximum Gasteiger partial charge on any atom is 0.249 e. The fraction of sp³-hybridized carbons (Fsp3) is 0.500. The molecule has 1 saturated carbocycles. The molecule has 1 aliphatic carbocycles. The van der Waals surface area contributed by atoms with Crippen molar-refractivity contribution in [1.82, 2.24) is 35.4 Å². The van der Waals surface area contributed by atoms with E-state index in [0.29, 0.717) is 55.2 Å². The van der Waals surface area contributed by atoms with Crippen LogP contribution >= 0.6 is 11.6 Å². The fourth-order valence-corrected chi connectivity index (χ4v) is 6.07. The number of nitrogens with zero attached hydrogens (tertiary/aromatic N) is 9. The van der Waals surface area contributed by atoms with E-state index < -0.39 is 15.6 Å². The number of aromatic nitrogens is 7. The third kappa shape index (κ3) is 7.17. The number of sulfonamides is 1. The van der Waals surface area contributed by atoms with Crippen molar-refractivity contribution in [3.05, 3.63) is 58.7 Å². The SMILES string of the molecule is COCCN(CC1CC1C)c1cc(-c2nnc([C@](C)(N)Cc3ccccc3)o2)c(Cl)c(N(Cc2nnnn2C)S(C)(=O)=O)n1. The number of anilines is 2. The highest BCUT2D eigenvalue weighted by Gasteiger charge is 2.36. The van der Waals surface area contributed by atoms with Gasteiger partial charge in [0.2, 0.25) is 21.8 Å². The summed E-state index contributed by atoms with van der Waals surface area (Å²) in [5.74, 6) is 2.10. The number of nitrogens with two attached hydrogens (primary N) is 1. The van der Waals surface area contributed by atoms with E-state index in [1.165, 1.54) is 4.68 Å². The molecule has 16 heteroatoms. The van der Waals surface area contributed by atoms with Crippen LogP contribution in [0.4, 0.5) is 11.6 Å². The fourth-order valence-electron chi connectivity index (χ4n) is 4.94. The van der Waals surface area contributed by atoms with Gasteiger partial charge in [-0.3, -0.25) is 0 Å². The van der Waals surface area contributed by atoms with Gasteiger partial charge in [-0.05, 0) is 53.7 Å². The molecule has 2 unspecified atom stereocenters. The Labute approximate surface area is 261 Å². The van der Waals surface area contributed by atoms with Crippen LogP contribution in [0.3, 0.4) is 0 Å². The molecule has 0 radical (unpaired) electrons. The monoisotopic (exact) mass is 644 g/mol. The highest BCUT2D eigenvalue weighted by molar-refractivity contribution is 7.92. The molecule has 0 spiro atoms. The van der Waals surface area contributed by atoms with Gasteiger partial charge in [-0.15, -0.1) is 15.3 Å². The van der Waals surface area contributed by atoms with Crippen molar-refractivity contribution in [3.8, 4) is 11.5 Å². The maximum absolute atomic E-state index is 13.2. The number of hydrogen-bond donors (Lipinski definition) is 1. The van der Waals surface area contributed by atoms with Gasteiger partial charge in [-0.2, -0.15) is 0 Å². The first-order valence-electron chi connectivity index (χ1n) is 14.2. The molecule has 1 aromatic carbocycles. The van der Waals surface area contributed by atoms with Crippen LogP contribution in [0.2, 0.25) is 5.02 Å². The Morgan fingerprint density at radius 2 is 1.95 bits per heavy atom. The summed E-state index contributed by atoms with van der Waals surface area (Å²) in [6.07, 6.45) is 2.62. The van der Waals surface area contributed by atoms with Crippen molar-refractivity contribution in [2.24, 2.45) is 24.6 Å². The highest BCUT2D eigenvalue weighted by atomic mass is 35.5. The lowest BCUT2D eigenvalue weighted by atomic mass is 9.94. The molecule has 3 heterocycles. The van der Waals surface area contributed by atoms with Gasteiger partial charge >= 0.3 is 0 Å². The van der Waals surface area contributed by atoms with Gasteiger partial charge in [0.1, 0.15) is 5.82 Å². The number of methoxy groups -OCH3 is 1. The second-order valence-electron chi connectivity index (χ2n) is 11.6. The molecule has 1 aliphatic rings. The van der Waals surface area contributed by atoms with Crippen LogP contribution in [-0.4, -0.2) is 76.9 Å². The lowest BCUT2D eigenvalue weighted by molar-refractivity contribution is 0.204. The van der Waals surface area contributed by atoms with Crippen LogP contribution in [0.1, 0.15) is 37.5 Å². The standard InChI is InChI=1S/C28H37ClN10O4S/c1-18-13-20(18)16-38(11-12-42-4)22-14-21(26-33-34-27(43-26)28(2,30)15-19-9-7-6-8-10-19)24(29)25(31-22)39(44(5,40)41)17-23-32-35-36-37(23)3/h6-10,14,18,20H,11-13,15-17,30H2,1-5H3/t18?,20?,28-/m1/s1. The lowest BCUT2D eigenvalue weighted by Gasteiger charge is -2.28. The Morgan fingerprint density at radius 1 is 1.23 bits per heavy atom. The third-order valence-corrected chi connectivity index (χ3v) is 9.21. The zero-order valence-electron chi connectivity index (χ0n) is 25.4. The zero-order chi connectivity index (χ0) is 31.6. The van der Waals surface area contributed by atoms with E-state index in [1.54, 1.807) is 20.2 Å². The predicted octanol–water partition coefficient (Wildman–Crippen LogP) is 2.80. The van der Waals surface area contributed by atoms with Crippen LogP contribution in [-0.2, 0) is 40.3 Å². The van der Waals surface area contributed by atoms with Gasteiger partial charge in [0.15, 0.2) is 11.6 Å². The number of tetrazole rings is 1. The molecular formula is C28H37ClN10O4S. The number of pyridine rings is 1. The van der Waals surface area contributed by atoms with E-state index in [0.717, 1.165) is 22.5 Å². The van der Waals surface area contributed by atoms with E-state index >= 15 is 0 Å². The summed E-state index contributed by atoms with van der Waals surface area (Å²) in [6.45, 7) is 5.47. The average molecular weight is 645 g/mol. The van der Waals surface area contributed by atoms with Gasteiger partial charge < -0.3 is 19.8 Å². The van der Waals surface area contributed by atoms with Crippen molar-refractivity contribution in [2.75, 3.05) is 42.3 Å². The summed E-state index contributed by atoms with van der Waals surface area (Å²) in [5.41, 5.74) is 7.00. The van der Waals surface area contributed by atoms with Crippen molar-refractivity contribution < 1.29 is 17.6 Å². The molecule has 14 nitrogen and oxygen atoms in total. The molecule has 0 bridgehead atoms. The number of aryl methyl sites for hydroxylation is 1. The third-order valence-electron chi connectivity index (χ3n) is 7.73. The summed E-state index contributed by atoms with van der Waals surface area (Å²) in [5, 5.41) is 20.0. The molecule has 5 rings (SSSR count). The normalized spacial score (nSPS) is 17.8. The molecule has 0 aliphatic heterocycles. The Morgan fingerprint density at radius 3 is 2.57 bits per heavy atom. The molecular weight excluding hydrogens is 608 g/mol. The van der Waals surface area contributed by atoms with Crippen molar-refractivity contribution >= 4 is 33.3 Å². The second kappa shape index (κ2) is 12.8. The van der Waals surface area contributed by atoms with E-state index in [4.69, 9.17) is 31.5 Å². The minimum atomic E-state index is -3.92. The highest BCUT2D eigenvalue weighted by Crippen LogP contribution is 2.42. The van der Waals surface area contributed by atoms with E-state index in [2.05, 4.69) is 37.5 Å². The summed E-state index contributed by atoms with van der Waals surface area (Å²) in [4.78, 5) is 6.86. The summed E-state index contributed by atoms with van der Waals surface area (Å²) < 4.78 is 40.4. The first-order valence-corrected chi connectivity index (χ1v) is 16.4.